The van der Waals surface area contributed by atoms with E-state index < -0.39 is 0 Å². The van der Waals surface area contributed by atoms with Crippen molar-refractivity contribution in [3.63, 3.8) is 0 Å². The van der Waals surface area contributed by atoms with Crippen LogP contribution in [0, 0.1) is 0 Å². The van der Waals surface area contributed by atoms with Gasteiger partial charge in [0.15, 0.2) is 0 Å². The van der Waals surface area contributed by atoms with Crippen LogP contribution < -0.4 is 0 Å². The minimum absolute atomic E-state index is 1.20. The summed E-state index contributed by atoms with van der Waals surface area (Å²) in [7, 11) is 0. The Morgan fingerprint density at radius 1 is 0.464 bits per heavy atom. The molecule has 5 aromatic carbocycles. The van der Waals surface area contributed by atoms with E-state index in [9.17, 15) is 0 Å². The van der Waals surface area contributed by atoms with Crippen molar-refractivity contribution in [3.05, 3.63) is 84.9 Å². The summed E-state index contributed by atoms with van der Waals surface area (Å²) in [6.07, 6.45) is 0. The van der Waals surface area contributed by atoms with Crippen LogP contribution >= 0.6 is 11.3 Å². The number of H-pyrrole nitrogens is 1. The van der Waals surface area contributed by atoms with Gasteiger partial charge < -0.3 is 4.98 Å². The molecule has 2 heterocycles. The first-order valence-electron chi connectivity index (χ1n) is 9.55. The van der Waals surface area contributed by atoms with Crippen LogP contribution in [0.1, 0.15) is 0 Å². The average Bonchev–Trinajstić information content (AvgIpc) is 3.32. The van der Waals surface area contributed by atoms with Crippen molar-refractivity contribution in [2.24, 2.45) is 0 Å². The Bertz CT molecular complexity index is 1720. The van der Waals surface area contributed by atoms with Crippen LogP contribution in [0.5, 0.6) is 0 Å². The van der Waals surface area contributed by atoms with Gasteiger partial charge in [-0.1, -0.05) is 66.7 Å². The van der Waals surface area contributed by atoms with Gasteiger partial charge in [-0.05, 0) is 29.0 Å². The maximum atomic E-state index is 3.61. The van der Waals surface area contributed by atoms with Gasteiger partial charge in [0.25, 0.3) is 0 Å². The van der Waals surface area contributed by atoms with Gasteiger partial charge in [0, 0.05) is 52.8 Å². The quantitative estimate of drug-likeness (QED) is 0.259. The predicted molar refractivity (Wildman–Crippen MR) is 124 cm³/mol. The summed E-state index contributed by atoms with van der Waals surface area (Å²) < 4.78 is 2.75. The molecule has 2 heteroatoms. The van der Waals surface area contributed by atoms with E-state index in [1.54, 1.807) is 0 Å². The summed E-state index contributed by atoms with van der Waals surface area (Å²) in [5.41, 5.74) is 2.41. The van der Waals surface area contributed by atoms with Crippen molar-refractivity contribution >= 4 is 74.9 Å². The molecule has 0 aliphatic rings. The monoisotopic (exact) mass is 373 g/mol. The Morgan fingerprint density at radius 2 is 1.14 bits per heavy atom. The first-order valence-corrected chi connectivity index (χ1v) is 10.4. The third-order valence-electron chi connectivity index (χ3n) is 5.98. The van der Waals surface area contributed by atoms with Gasteiger partial charge in [-0.3, -0.25) is 0 Å². The molecule has 28 heavy (non-hydrogen) atoms. The second-order valence-corrected chi connectivity index (χ2v) is 8.48. The molecule has 0 fully saturated rings. The second-order valence-electron chi connectivity index (χ2n) is 7.43. The van der Waals surface area contributed by atoms with E-state index in [0.29, 0.717) is 0 Å². The van der Waals surface area contributed by atoms with Crippen LogP contribution in [0.2, 0.25) is 0 Å². The van der Waals surface area contributed by atoms with E-state index in [2.05, 4.69) is 89.9 Å². The van der Waals surface area contributed by atoms with Crippen molar-refractivity contribution in [3.8, 4) is 0 Å². The van der Waals surface area contributed by atoms with Crippen LogP contribution in [0.3, 0.4) is 0 Å². The van der Waals surface area contributed by atoms with Gasteiger partial charge in [-0.25, -0.2) is 0 Å². The van der Waals surface area contributed by atoms with Gasteiger partial charge in [0.2, 0.25) is 0 Å². The number of aromatic nitrogens is 1. The zero-order valence-corrected chi connectivity index (χ0v) is 15.8. The van der Waals surface area contributed by atoms with Gasteiger partial charge in [0.1, 0.15) is 0 Å². The van der Waals surface area contributed by atoms with Crippen LogP contribution in [0.15, 0.2) is 84.9 Å². The largest absolute Gasteiger partial charge is 0.354 e. The number of hydrogen-bond donors (Lipinski definition) is 1. The molecule has 0 radical (unpaired) electrons. The maximum absolute atomic E-state index is 3.61. The zero-order valence-electron chi connectivity index (χ0n) is 15.0. The van der Waals surface area contributed by atoms with Gasteiger partial charge in [0.05, 0.1) is 0 Å². The second kappa shape index (κ2) is 5.12. The first-order chi connectivity index (χ1) is 13.9. The number of fused-ring (bicyclic) bond motifs is 12. The molecular formula is C26H15NS. The lowest BCUT2D eigenvalue weighted by Gasteiger charge is -2.09. The Morgan fingerprint density at radius 3 is 2.00 bits per heavy atom. The molecule has 0 bridgehead atoms. The highest BCUT2D eigenvalue weighted by Crippen LogP contribution is 2.46. The summed E-state index contributed by atoms with van der Waals surface area (Å²) >= 11 is 1.91. The van der Waals surface area contributed by atoms with Crippen LogP contribution in [-0.4, -0.2) is 4.98 Å². The number of benzene rings is 5. The lowest BCUT2D eigenvalue weighted by atomic mass is 9.94. The SMILES string of the molecule is c1ccc2c(c1)[nH]c1ccc3c4sc5ccccc5c4c4ccccc4c3c12. The fourth-order valence-electron chi connectivity index (χ4n) is 4.83. The summed E-state index contributed by atoms with van der Waals surface area (Å²) in [6.45, 7) is 0. The van der Waals surface area contributed by atoms with Gasteiger partial charge >= 0.3 is 0 Å². The molecule has 1 N–H and O–H groups in total. The normalized spacial score (nSPS) is 12.3. The van der Waals surface area contributed by atoms with E-state index >= 15 is 0 Å². The Labute approximate surface area is 164 Å². The Balaban J connectivity index is 1.90. The molecule has 1 nitrogen and oxygen atoms in total. The molecule has 0 unspecified atom stereocenters. The smallest absolute Gasteiger partial charge is 0.0471 e. The molecule has 0 spiro atoms. The summed E-state index contributed by atoms with van der Waals surface area (Å²) in [5.74, 6) is 0. The lowest BCUT2D eigenvalue weighted by Crippen LogP contribution is -1.81. The van der Waals surface area contributed by atoms with Gasteiger partial charge in [-0.15, -0.1) is 11.3 Å². The number of thiophene rings is 1. The third kappa shape index (κ3) is 1.71. The van der Waals surface area contributed by atoms with E-state index in [1.165, 1.54) is 63.5 Å². The number of nitrogens with one attached hydrogen (secondary N) is 1. The van der Waals surface area contributed by atoms with E-state index in [4.69, 9.17) is 0 Å². The van der Waals surface area contributed by atoms with Crippen molar-refractivity contribution in [2.45, 2.75) is 0 Å². The Kier molecular flexibility index (Phi) is 2.68. The molecule has 0 aliphatic carbocycles. The predicted octanol–water partition coefficient (Wildman–Crippen LogP) is 8.00. The fraction of sp³-hybridized carbons (Fsp3) is 0. The highest BCUT2D eigenvalue weighted by atomic mass is 32.1. The molecule has 0 saturated carbocycles. The number of para-hydroxylation sites is 1. The standard InChI is InChI=1S/C26H15NS/c1-2-8-16-15(7-1)23-19(26-24(16)18-10-4-6-12-22(18)28-26)13-14-21-25(23)17-9-3-5-11-20(17)27-21/h1-14,27H. The minimum Gasteiger partial charge on any atom is -0.354 e. The van der Waals surface area contributed by atoms with Crippen molar-refractivity contribution in [2.75, 3.05) is 0 Å². The van der Waals surface area contributed by atoms with Crippen molar-refractivity contribution < 1.29 is 0 Å². The van der Waals surface area contributed by atoms with Crippen molar-refractivity contribution in [1.82, 2.24) is 4.98 Å². The number of aromatic amines is 1. The fourth-order valence-corrected chi connectivity index (χ4v) is 6.08. The van der Waals surface area contributed by atoms with Crippen molar-refractivity contribution in [1.29, 1.82) is 0 Å². The molecule has 0 atom stereocenters. The highest BCUT2D eigenvalue weighted by molar-refractivity contribution is 7.27. The molecular weight excluding hydrogens is 358 g/mol. The first kappa shape index (κ1) is 14.7. The van der Waals surface area contributed by atoms with E-state index in [0.717, 1.165) is 0 Å². The van der Waals surface area contributed by atoms with Crippen LogP contribution in [0.25, 0.3) is 63.5 Å². The average molecular weight is 373 g/mol. The number of rotatable bonds is 0. The molecule has 0 aliphatic heterocycles. The molecule has 130 valence electrons. The molecule has 7 rings (SSSR count). The molecule has 7 aromatic rings. The summed E-state index contributed by atoms with van der Waals surface area (Å²) in [4.78, 5) is 3.61. The highest BCUT2D eigenvalue weighted by Gasteiger charge is 2.17. The third-order valence-corrected chi connectivity index (χ3v) is 7.18. The maximum Gasteiger partial charge on any atom is 0.0471 e. The zero-order chi connectivity index (χ0) is 18.2. The molecule has 0 amide bonds. The van der Waals surface area contributed by atoms with E-state index in [-0.39, 0.29) is 0 Å². The molecule has 2 aromatic heterocycles. The van der Waals surface area contributed by atoms with Crippen LogP contribution in [-0.2, 0) is 0 Å². The summed E-state index contributed by atoms with van der Waals surface area (Å²) in [5, 5.41) is 10.8. The topological polar surface area (TPSA) is 15.8 Å². The Hall–Kier alpha value is -3.36. The van der Waals surface area contributed by atoms with E-state index in [1.807, 2.05) is 11.3 Å². The molecule has 0 saturated heterocycles. The lowest BCUT2D eigenvalue weighted by molar-refractivity contribution is 1.55. The van der Waals surface area contributed by atoms with Crippen LogP contribution in [0.4, 0.5) is 0 Å². The summed E-state index contributed by atoms with van der Waals surface area (Å²) in [6, 6.07) is 30.9. The minimum atomic E-state index is 1.20. The van der Waals surface area contributed by atoms with Gasteiger partial charge in [-0.2, -0.15) is 0 Å². The number of hydrogen-bond acceptors (Lipinski definition) is 1.